The number of benzene rings is 1. The standard InChI is InChI=1S/C21H25N3O7S/c1-3-30-21(27)19-11-8-16(31-19)13-22-20(26)18-5-4-12-24(18)32(28,29)17-9-6-15(7-10-17)23-14(2)25/h6-11,18H,3-5,12-13H2,1-2H3,(H,22,26)(H,23,25). The molecule has 1 aromatic carbocycles. The first-order valence-corrected chi connectivity index (χ1v) is 11.6. The van der Waals surface area contributed by atoms with Crippen molar-refractivity contribution in [3.8, 4) is 0 Å². The first kappa shape index (κ1) is 23.5. The Morgan fingerprint density at radius 1 is 1.16 bits per heavy atom. The van der Waals surface area contributed by atoms with Gasteiger partial charge in [0.2, 0.25) is 27.6 Å². The van der Waals surface area contributed by atoms with Gasteiger partial charge in [-0.05, 0) is 56.2 Å². The predicted molar refractivity (Wildman–Crippen MR) is 114 cm³/mol. The van der Waals surface area contributed by atoms with Crippen molar-refractivity contribution in [1.29, 1.82) is 0 Å². The maximum Gasteiger partial charge on any atom is 0.374 e. The molecule has 1 saturated heterocycles. The molecular formula is C21H25N3O7S. The van der Waals surface area contributed by atoms with Gasteiger partial charge >= 0.3 is 5.97 Å². The fourth-order valence-electron chi connectivity index (χ4n) is 3.42. The Hall–Kier alpha value is -3.18. The van der Waals surface area contributed by atoms with Gasteiger partial charge in [0.15, 0.2) is 0 Å². The van der Waals surface area contributed by atoms with Gasteiger partial charge in [-0.1, -0.05) is 0 Å². The van der Waals surface area contributed by atoms with Crippen molar-refractivity contribution in [2.75, 3.05) is 18.5 Å². The van der Waals surface area contributed by atoms with Gasteiger partial charge in [-0.25, -0.2) is 13.2 Å². The van der Waals surface area contributed by atoms with E-state index in [-0.39, 0.29) is 36.3 Å². The largest absolute Gasteiger partial charge is 0.460 e. The Kier molecular flexibility index (Phi) is 7.31. The summed E-state index contributed by atoms with van der Waals surface area (Å²) in [6.07, 6.45) is 0.941. The minimum absolute atomic E-state index is 0.00797. The molecule has 3 rings (SSSR count). The molecule has 0 spiro atoms. The second kappa shape index (κ2) is 9.96. The molecule has 0 bridgehead atoms. The van der Waals surface area contributed by atoms with Crippen LogP contribution >= 0.6 is 0 Å². The Morgan fingerprint density at radius 3 is 2.53 bits per heavy atom. The topological polar surface area (TPSA) is 135 Å². The van der Waals surface area contributed by atoms with Crippen molar-refractivity contribution in [2.45, 2.75) is 44.2 Å². The van der Waals surface area contributed by atoms with E-state index in [0.717, 1.165) is 0 Å². The third kappa shape index (κ3) is 5.35. The molecule has 1 atom stereocenters. The number of ether oxygens (including phenoxy) is 1. The van der Waals surface area contributed by atoms with Crippen LogP contribution in [0.25, 0.3) is 0 Å². The number of esters is 1. The highest BCUT2D eigenvalue weighted by atomic mass is 32.2. The van der Waals surface area contributed by atoms with E-state index in [9.17, 15) is 22.8 Å². The lowest BCUT2D eigenvalue weighted by atomic mass is 10.2. The van der Waals surface area contributed by atoms with Crippen LogP contribution in [0.15, 0.2) is 45.7 Å². The van der Waals surface area contributed by atoms with Crippen LogP contribution in [0, 0.1) is 0 Å². The maximum absolute atomic E-state index is 13.1. The molecule has 11 heteroatoms. The van der Waals surface area contributed by atoms with Crippen molar-refractivity contribution in [1.82, 2.24) is 9.62 Å². The summed E-state index contributed by atoms with van der Waals surface area (Å²) < 4.78 is 37.6. The lowest BCUT2D eigenvalue weighted by molar-refractivity contribution is -0.124. The molecule has 1 fully saturated rings. The average Bonchev–Trinajstić information content (AvgIpc) is 3.42. The molecule has 0 radical (unpaired) electrons. The number of nitrogens with zero attached hydrogens (tertiary/aromatic N) is 1. The zero-order valence-corrected chi connectivity index (χ0v) is 18.6. The molecule has 10 nitrogen and oxygen atoms in total. The van der Waals surface area contributed by atoms with Gasteiger partial charge < -0.3 is 19.8 Å². The first-order valence-electron chi connectivity index (χ1n) is 10.2. The first-order chi connectivity index (χ1) is 15.2. The van der Waals surface area contributed by atoms with E-state index in [1.165, 1.54) is 41.6 Å². The number of anilines is 1. The number of hydrogen-bond acceptors (Lipinski definition) is 7. The Balaban J connectivity index is 1.65. The molecule has 1 aromatic heterocycles. The van der Waals surface area contributed by atoms with Crippen molar-refractivity contribution < 1.29 is 32.0 Å². The van der Waals surface area contributed by atoms with E-state index in [1.807, 2.05) is 0 Å². The number of amides is 2. The molecule has 32 heavy (non-hydrogen) atoms. The summed E-state index contributed by atoms with van der Waals surface area (Å²) >= 11 is 0. The van der Waals surface area contributed by atoms with E-state index in [1.54, 1.807) is 13.0 Å². The van der Waals surface area contributed by atoms with E-state index >= 15 is 0 Å². The summed E-state index contributed by atoms with van der Waals surface area (Å²) in [5.41, 5.74) is 0.479. The van der Waals surface area contributed by atoms with E-state index in [4.69, 9.17) is 9.15 Å². The van der Waals surface area contributed by atoms with Crippen LogP contribution in [0.3, 0.4) is 0 Å². The molecule has 0 saturated carbocycles. The summed E-state index contributed by atoms with van der Waals surface area (Å²) in [6, 6.07) is 7.94. The van der Waals surface area contributed by atoms with Crippen LogP contribution in [-0.4, -0.2) is 49.7 Å². The summed E-state index contributed by atoms with van der Waals surface area (Å²) in [7, 11) is -3.90. The fourth-order valence-corrected chi connectivity index (χ4v) is 5.07. The number of nitrogens with one attached hydrogen (secondary N) is 2. The van der Waals surface area contributed by atoms with Gasteiger partial charge in [-0.3, -0.25) is 9.59 Å². The minimum Gasteiger partial charge on any atom is -0.460 e. The highest BCUT2D eigenvalue weighted by Crippen LogP contribution is 2.27. The van der Waals surface area contributed by atoms with Gasteiger partial charge in [0, 0.05) is 19.2 Å². The smallest absolute Gasteiger partial charge is 0.374 e. The molecule has 2 amide bonds. The van der Waals surface area contributed by atoms with Gasteiger partial charge in [-0.15, -0.1) is 0 Å². The number of carbonyl (C=O) groups excluding carboxylic acids is 3. The molecule has 1 aliphatic heterocycles. The summed E-state index contributed by atoms with van der Waals surface area (Å²) in [4.78, 5) is 35.6. The summed E-state index contributed by atoms with van der Waals surface area (Å²) in [5.74, 6) is -0.924. The van der Waals surface area contributed by atoms with Crippen molar-refractivity contribution in [2.24, 2.45) is 0 Å². The Labute approximate surface area is 186 Å². The average molecular weight is 464 g/mol. The van der Waals surface area contributed by atoms with Gasteiger partial charge in [0.1, 0.15) is 11.8 Å². The van der Waals surface area contributed by atoms with Crippen LogP contribution in [0.1, 0.15) is 43.0 Å². The van der Waals surface area contributed by atoms with Crippen molar-refractivity contribution >= 4 is 33.5 Å². The van der Waals surface area contributed by atoms with Crippen LogP contribution in [-0.2, 0) is 30.9 Å². The number of hydrogen-bond donors (Lipinski definition) is 2. The second-order valence-electron chi connectivity index (χ2n) is 7.18. The lowest BCUT2D eigenvalue weighted by Gasteiger charge is -2.23. The quantitative estimate of drug-likeness (QED) is 0.571. The number of sulfonamides is 1. The zero-order valence-electron chi connectivity index (χ0n) is 17.8. The third-order valence-corrected chi connectivity index (χ3v) is 6.79. The highest BCUT2D eigenvalue weighted by Gasteiger charge is 2.39. The van der Waals surface area contributed by atoms with Gasteiger partial charge in [-0.2, -0.15) is 4.31 Å². The molecule has 1 aliphatic rings. The Bertz CT molecular complexity index is 1090. The monoisotopic (exact) mass is 463 g/mol. The number of furan rings is 1. The van der Waals surface area contributed by atoms with E-state index in [2.05, 4.69) is 10.6 Å². The summed E-state index contributed by atoms with van der Waals surface area (Å²) in [5, 5.41) is 5.25. The molecule has 2 N–H and O–H groups in total. The fraction of sp³-hybridized carbons (Fsp3) is 0.381. The van der Waals surface area contributed by atoms with Crippen LogP contribution in [0.2, 0.25) is 0 Å². The van der Waals surface area contributed by atoms with Crippen LogP contribution in [0.4, 0.5) is 5.69 Å². The van der Waals surface area contributed by atoms with Crippen molar-refractivity contribution in [3.63, 3.8) is 0 Å². The van der Waals surface area contributed by atoms with Crippen LogP contribution in [0.5, 0.6) is 0 Å². The summed E-state index contributed by atoms with van der Waals surface area (Å²) in [6.45, 7) is 3.49. The predicted octanol–water partition coefficient (Wildman–Crippen LogP) is 1.88. The molecular weight excluding hydrogens is 438 g/mol. The maximum atomic E-state index is 13.1. The molecule has 0 aliphatic carbocycles. The molecule has 1 unspecified atom stereocenters. The zero-order chi connectivity index (χ0) is 23.3. The molecule has 2 aromatic rings. The Morgan fingerprint density at radius 2 is 1.88 bits per heavy atom. The highest BCUT2D eigenvalue weighted by molar-refractivity contribution is 7.89. The molecule has 172 valence electrons. The lowest BCUT2D eigenvalue weighted by Crippen LogP contribution is -2.45. The van der Waals surface area contributed by atoms with Gasteiger partial charge in [0.25, 0.3) is 0 Å². The number of rotatable bonds is 8. The number of carbonyl (C=O) groups is 3. The van der Waals surface area contributed by atoms with E-state index < -0.39 is 27.9 Å². The van der Waals surface area contributed by atoms with Gasteiger partial charge in [0.05, 0.1) is 18.0 Å². The SMILES string of the molecule is CCOC(=O)c1ccc(CNC(=O)C2CCCN2S(=O)(=O)c2ccc(NC(C)=O)cc2)o1. The van der Waals surface area contributed by atoms with E-state index in [0.29, 0.717) is 24.3 Å². The normalized spacial score (nSPS) is 16.5. The van der Waals surface area contributed by atoms with Crippen LogP contribution < -0.4 is 10.6 Å². The molecule has 2 heterocycles. The van der Waals surface area contributed by atoms with Crippen molar-refractivity contribution in [3.05, 3.63) is 47.9 Å². The second-order valence-corrected chi connectivity index (χ2v) is 9.07. The third-order valence-electron chi connectivity index (χ3n) is 4.86. The minimum atomic E-state index is -3.90.